The van der Waals surface area contributed by atoms with Gasteiger partial charge in [0.1, 0.15) is 0 Å². The van der Waals surface area contributed by atoms with Gasteiger partial charge in [0.25, 0.3) is 0 Å². The van der Waals surface area contributed by atoms with Gasteiger partial charge in [0.05, 0.1) is 16.9 Å². The summed E-state index contributed by atoms with van der Waals surface area (Å²) in [6.07, 6.45) is 4.81. The van der Waals surface area contributed by atoms with Crippen molar-refractivity contribution in [3.05, 3.63) is 0 Å². The Morgan fingerprint density at radius 1 is 1.00 bits per heavy atom. The summed E-state index contributed by atoms with van der Waals surface area (Å²) in [5.41, 5.74) is -0.954. The molecule has 0 unspecified atom stereocenters. The van der Waals surface area contributed by atoms with E-state index in [2.05, 4.69) is 0 Å². The number of rotatable bonds is 3. The second-order valence-electron chi connectivity index (χ2n) is 6.21. The van der Waals surface area contributed by atoms with Crippen molar-refractivity contribution in [2.75, 3.05) is 24.6 Å². The van der Waals surface area contributed by atoms with Gasteiger partial charge in [-0.2, -0.15) is 0 Å². The lowest BCUT2D eigenvalue weighted by atomic mass is 9.77. The number of hydrogen-bond donors (Lipinski definition) is 1. The zero-order chi connectivity index (χ0) is 15.5. The number of carboxylic acid groups (broad SMARTS) is 1. The summed E-state index contributed by atoms with van der Waals surface area (Å²) < 4.78 is 22.8. The molecule has 1 aliphatic carbocycles. The van der Waals surface area contributed by atoms with Crippen LogP contribution in [0.3, 0.4) is 0 Å². The smallest absolute Gasteiger partial charge is 0.310 e. The lowest BCUT2D eigenvalue weighted by Crippen LogP contribution is -2.46. The number of nitrogens with zero attached hydrogens (tertiary/aromatic N) is 1. The van der Waals surface area contributed by atoms with Crippen molar-refractivity contribution in [3.8, 4) is 0 Å². The highest BCUT2D eigenvalue weighted by atomic mass is 32.2. The minimum atomic E-state index is -3.03. The van der Waals surface area contributed by atoms with E-state index in [0.717, 1.165) is 25.7 Å². The standard InChI is InChI=1S/C14H23NO5S/c16-12(15-7-9-21(19,20)10-8-15)11-14(13(17)18)5-3-1-2-4-6-14/h1-11H2,(H,17,18). The maximum absolute atomic E-state index is 12.4. The first-order chi connectivity index (χ1) is 9.85. The number of carboxylic acids is 1. The van der Waals surface area contributed by atoms with Crippen molar-refractivity contribution >= 4 is 21.7 Å². The number of hydrogen-bond acceptors (Lipinski definition) is 4. The van der Waals surface area contributed by atoms with Crippen molar-refractivity contribution in [3.63, 3.8) is 0 Å². The van der Waals surface area contributed by atoms with Crippen LogP contribution in [0.1, 0.15) is 44.9 Å². The predicted molar refractivity (Wildman–Crippen MR) is 77.6 cm³/mol. The molecule has 0 spiro atoms. The summed E-state index contributed by atoms with van der Waals surface area (Å²) in [7, 11) is -3.03. The summed E-state index contributed by atoms with van der Waals surface area (Å²) in [6, 6.07) is 0. The van der Waals surface area contributed by atoms with Gasteiger partial charge in [0.2, 0.25) is 5.91 Å². The predicted octanol–water partition coefficient (Wildman–Crippen LogP) is 1.06. The van der Waals surface area contributed by atoms with E-state index in [-0.39, 0.29) is 36.9 Å². The number of amides is 1. The Kier molecular flexibility index (Phi) is 4.91. The fraction of sp³-hybridized carbons (Fsp3) is 0.857. The molecule has 0 aromatic carbocycles. The van der Waals surface area contributed by atoms with Crippen molar-refractivity contribution < 1.29 is 23.1 Å². The zero-order valence-corrected chi connectivity index (χ0v) is 13.0. The molecule has 6 nitrogen and oxygen atoms in total. The lowest BCUT2D eigenvalue weighted by Gasteiger charge is -2.32. The van der Waals surface area contributed by atoms with E-state index in [9.17, 15) is 23.1 Å². The van der Waals surface area contributed by atoms with E-state index in [1.54, 1.807) is 0 Å². The molecular formula is C14H23NO5S. The summed E-state index contributed by atoms with van der Waals surface area (Å²) in [5.74, 6) is -1.13. The molecule has 0 atom stereocenters. The van der Waals surface area contributed by atoms with Crippen LogP contribution in [0.2, 0.25) is 0 Å². The summed E-state index contributed by atoms with van der Waals surface area (Å²) in [4.78, 5) is 25.6. The number of carbonyl (C=O) groups excluding carboxylic acids is 1. The fourth-order valence-corrected chi connectivity index (χ4v) is 4.44. The van der Waals surface area contributed by atoms with E-state index >= 15 is 0 Å². The quantitative estimate of drug-likeness (QED) is 0.786. The molecule has 1 aliphatic heterocycles. The topological polar surface area (TPSA) is 91.8 Å². The van der Waals surface area contributed by atoms with Crippen LogP contribution < -0.4 is 0 Å². The zero-order valence-electron chi connectivity index (χ0n) is 12.2. The van der Waals surface area contributed by atoms with Crippen LogP contribution >= 0.6 is 0 Å². The number of carbonyl (C=O) groups is 2. The van der Waals surface area contributed by atoms with Crippen LogP contribution in [0.15, 0.2) is 0 Å². The van der Waals surface area contributed by atoms with E-state index < -0.39 is 21.2 Å². The highest BCUT2D eigenvalue weighted by molar-refractivity contribution is 7.91. The molecule has 1 amide bonds. The molecule has 2 rings (SSSR count). The van der Waals surface area contributed by atoms with Crippen LogP contribution in [0.5, 0.6) is 0 Å². The van der Waals surface area contributed by atoms with Gasteiger partial charge in [-0.05, 0) is 12.8 Å². The van der Waals surface area contributed by atoms with Crippen molar-refractivity contribution in [1.82, 2.24) is 4.90 Å². The van der Waals surface area contributed by atoms with Gasteiger partial charge in [0, 0.05) is 19.5 Å². The van der Waals surface area contributed by atoms with Crippen LogP contribution in [-0.2, 0) is 19.4 Å². The highest BCUT2D eigenvalue weighted by Crippen LogP contribution is 2.39. The molecule has 1 N–H and O–H groups in total. The number of aliphatic carboxylic acids is 1. The van der Waals surface area contributed by atoms with Gasteiger partial charge in [-0.3, -0.25) is 9.59 Å². The molecule has 1 heterocycles. The van der Waals surface area contributed by atoms with E-state index in [0.29, 0.717) is 12.8 Å². The Labute approximate surface area is 125 Å². The summed E-state index contributed by atoms with van der Waals surface area (Å²) >= 11 is 0. The molecule has 1 saturated heterocycles. The molecule has 0 bridgehead atoms. The Hall–Kier alpha value is -1.11. The monoisotopic (exact) mass is 317 g/mol. The molecule has 1 saturated carbocycles. The summed E-state index contributed by atoms with van der Waals surface area (Å²) in [6.45, 7) is 0.383. The largest absolute Gasteiger partial charge is 0.481 e. The van der Waals surface area contributed by atoms with Crippen molar-refractivity contribution in [2.24, 2.45) is 5.41 Å². The Bertz CT molecular complexity index is 491. The molecule has 21 heavy (non-hydrogen) atoms. The minimum absolute atomic E-state index is 0.00236. The van der Waals surface area contributed by atoms with Crippen LogP contribution in [-0.4, -0.2) is 54.9 Å². The first kappa shape index (κ1) is 16.3. The van der Waals surface area contributed by atoms with E-state index in [1.165, 1.54) is 4.90 Å². The molecule has 0 radical (unpaired) electrons. The Morgan fingerprint density at radius 3 is 2.00 bits per heavy atom. The second kappa shape index (κ2) is 6.34. The molecule has 0 aromatic heterocycles. The first-order valence-corrected chi connectivity index (χ1v) is 9.38. The third-order valence-corrected chi connectivity index (χ3v) is 6.31. The van der Waals surface area contributed by atoms with E-state index in [4.69, 9.17) is 0 Å². The fourth-order valence-electron chi connectivity index (χ4n) is 3.23. The second-order valence-corrected chi connectivity index (χ2v) is 8.51. The minimum Gasteiger partial charge on any atom is -0.481 e. The van der Waals surface area contributed by atoms with Gasteiger partial charge in [-0.15, -0.1) is 0 Å². The maximum Gasteiger partial charge on any atom is 0.310 e. The molecule has 2 fully saturated rings. The SMILES string of the molecule is O=C(CC1(C(=O)O)CCCCCC1)N1CCS(=O)(=O)CC1. The maximum atomic E-state index is 12.4. The average molecular weight is 317 g/mol. The molecule has 7 heteroatoms. The third-order valence-electron chi connectivity index (χ3n) is 4.70. The van der Waals surface area contributed by atoms with Gasteiger partial charge in [-0.1, -0.05) is 25.7 Å². The molecule has 2 aliphatic rings. The van der Waals surface area contributed by atoms with Crippen LogP contribution in [0, 0.1) is 5.41 Å². The van der Waals surface area contributed by atoms with Crippen molar-refractivity contribution in [2.45, 2.75) is 44.9 Å². The van der Waals surface area contributed by atoms with Crippen molar-refractivity contribution in [1.29, 1.82) is 0 Å². The summed E-state index contributed by atoms with van der Waals surface area (Å²) in [5, 5.41) is 9.58. The molecular weight excluding hydrogens is 294 g/mol. The normalized spacial score (nSPS) is 25.0. The first-order valence-electron chi connectivity index (χ1n) is 7.56. The molecule has 0 aromatic rings. The van der Waals surface area contributed by atoms with Gasteiger partial charge >= 0.3 is 5.97 Å². The Balaban J connectivity index is 2.03. The van der Waals surface area contributed by atoms with Crippen LogP contribution in [0.25, 0.3) is 0 Å². The molecule has 120 valence electrons. The lowest BCUT2D eigenvalue weighted by molar-refractivity contribution is -0.154. The Morgan fingerprint density at radius 2 is 1.52 bits per heavy atom. The van der Waals surface area contributed by atoms with E-state index in [1.807, 2.05) is 0 Å². The average Bonchev–Trinajstić information content (AvgIpc) is 2.65. The van der Waals surface area contributed by atoms with Crippen LogP contribution in [0.4, 0.5) is 0 Å². The third kappa shape index (κ3) is 3.96. The van der Waals surface area contributed by atoms with Gasteiger partial charge in [0.15, 0.2) is 9.84 Å². The number of sulfone groups is 1. The van der Waals surface area contributed by atoms with Gasteiger partial charge in [-0.25, -0.2) is 8.42 Å². The highest BCUT2D eigenvalue weighted by Gasteiger charge is 2.42. The van der Waals surface area contributed by atoms with Gasteiger partial charge < -0.3 is 10.0 Å².